The molecule has 2 aromatic rings. The molecule has 1 heterocycles. The Kier molecular flexibility index (Phi) is 7.78. The van der Waals surface area contributed by atoms with Crippen LogP contribution in [0.25, 0.3) is 0 Å². The molecular formula is C24H30N4O3. The second kappa shape index (κ2) is 10.7. The summed E-state index contributed by atoms with van der Waals surface area (Å²) in [6.45, 7) is 6.86. The first-order valence-electron chi connectivity index (χ1n) is 10.7. The molecular weight excluding hydrogens is 392 g/mol. The molecule has 1 aliphatic rings. The Labute approximate surface area is 183 Å². The average molecular weight is 423 g/mol. The van der Waals surface area contributed by atoms with Crippen LogP contribution in [0.15, 0.2) is 48.5 Å². The van der Waals surface area contributed by atoms with Crippen LogP contribution in [0.5, 0.6) is 0 Å². The van der Waals surface area contributed by atoms with E-state index in [0.717, 1.165) is 37.1 Å². The summed E-state index contributed by atoms with van der Waals surface area (Å²) < 4.78 is 0. The summed E-state index contributed by atoms with van der Waals surface area (Å²) in [5.41, 5.74) is 2.74. The van der Waals surface area contributed by atoms with Crippen LogP contribution in [0.4, 0.5) is 5.69 Å². The molecule has 31 heavy (non-hydrogen) atoms. The minimum Gasteiger partial charge on any atom is -0.348 e. The lowest BCUT2D eigenvalue weighted by Gasteiger charge is -2.22. The summed E-state index contributed by atoms with van der Waals surface area (Å²) in [5, 5.41) is 8.14. The van der Waals surface area contributed by atoms with E-state index in [1.165, 1.54) is 0 Å². The Morgan fingerprint density at radius 1 is 1.00 bits per heavy atom. The maximum absolute atomic E-state index is 12.7. The number of rotatable bonds is 7. The number of benzene rings is 2. The fourth-order valence-electron chi connectivity index (χ4n) is 3.79. The fourth-order valence-corrected chi connectivity index (χ4v) is 3.79. The van der Waals surface area contributed by atoms with E-state index in [-0.39, 0.29) is 11.9 Å². The van der Waals surface area contributed by atoms with Crippen molar-refractivity contribution >= 4 is 23.4 Å². The van der Waals surface area contributed by atoms with Crippen LogP contribution < -0.4 is 16.0 Å². The second-order valence-electron chi connectivity index (χ2n) is 7.80. The van der Waals surface area contributed by atoms with Crippen molar-refractivity contribution in [2.75, 3.05) is 25.0 Å². The Balaban J connectivity index is 1.56. The van der Waals surface area contributed by atoms with Gasteiger partial charge in [-0.15, -0.1) is 0 Å². The summed E-state index contributed by atoms with van der Waals surface area (Å²) in [4.78, 5) is 39.6. The minimum absolute atomic E-state index is 0.265. The van der Waals surface area contributed by atoms with Gasteiger partial charge < -0.3 is 16.0 Å². The number of nitrogens with one attached hydrogen (secondary N) is 3. The van der Waals surface area contributed by atoms with Crippen molar-refractivity contribution in [2.45, 2.75) is 39.3 Å². The Morgan fingerprint density at radius 3 is 2.48 bits per heavy atom. The molecule has 3 rings (SSSR count). The van der Waals surface area contributed by atoms with Crippen molar-refractivity contribution in [3.05, 3.63) is 65.2 Å². The quantitative estimate of drug-likeness (QED) is 0.598. The van der Waals surface area contributed by atoms with Crippen molar-refractivity contribution in [3.63, 3.8) is 0 Å². The first kappa shape index (κ1) is 22.5. The number of hydrogen-bond donors (Lipinski definition) is 3. The van der Waals surface area contributed by atoms with Gasteiger partial charge in [-0.25, -0.2) is 0 Å². The van der Waals surface area contributed by atoms with Crippen LogP contribution in [0.2, 0.25) is 0 Å². The van der Waals surface area contributed by atoms with Crippen LogP contribution >= 0.6 is 0 Å². The van der Waals surface area contributed by atoms with E-state index < -0.39 is 11.8 Å². The fraction of sp³-hybridized carbons (Fsp3) is 0.375. The molecule has 3 N–H and O–H groups in total. The summed E-state index contributed by atoms with van der Waals surface area (Å²) >= 11 is 0. The third-order valence-corrected chi connectivity index (χ3v) is 5.60. The third-order valence-electron chi connectivity index (χ3n) is 5.60. The van der Waals surface area contributed by atoms with Gasteiger partial charge in [0.2, 0.25) is 0 Å². The SMILES string of the molecule is CCN1CCC[C@H]1CNC(=O)C(=O)Nc1ccccc1C(=O)NCc1ccc(C)cc1. The molecule has 0 unspecified atom stereocenters. The lowest BCUT2D eigenvalue weighted by atomic mass is 10.1. The molecule has 1 saturated heterocycles. The largest absolute Gasteiger partial charge is 0.348 e. The average Bonchev–Trinajstić information content (AvgIpc) is 3.24. The predicted molar refractivity (Wildman–Crippen MR) is 121 cm³/mol. The van der Waals surface area contributed by atoms with Gasteiger partial charge in [0.05, 0.1) is 11.3 Å². The summed E-state index contributed by atoms with van der Waals surface area (Å²) in [5.74, 6) is -1.79. The Bertz CT molecular complexity index is 927. The second-order valence-corrected chi connectivity index (χ2v) is 7.80. The summed E-state index contributed by atoms with van der Waals surface area (Å²) in [6.07, 6.45) is 2.12. The van der Waals surface area contributed by atoms with Gasteiger partial charge in [0.25, 0.3) is 5.91 Å². The Hall–Kier alpha value is -3.19. The van der Waals surface area contributed by atoms with Crippen molar-refractivity contribution < 1.29 is 14.4 Å². The zero-order valence-corrected chi connectivity index (χ0v) is 18.1. The Morgan fingerprint density at radius 2 is 1.74 bits per heavy atom. The molecule has 1 fully saturated rings. The highest BCUT2D eigenvalue weighted by Crippen LogP contribution is 2.17. The normalized spacial score (nSPS) is 16.0. The van der Waals surface area contributed by atoms with Crippen LogP contribution in [0.3, 0.4) is 0 Å². The number of amides is 3. The van der Waals surface area contributed by atoms with E-state index in [4.69, 9.17) is 0 Å². The number of hydrogen-bond acceptors (Lipinski definition) is 4. The first-order valence-corrected chi connectivity index (χ1v) is 10.7. The van der Waals surface area contributed by atoms with Crippen molar-refractivity contribution in [3.8, 4) is 0 Å². The highest BCUT2D eigenvalue weighted by molar-refractivity contribution is 6.40. The lowest BCUT2D eigenvalue weighted by Crippen LogP contribution is -2.43. The van der Waals surface area contributed by atoms with Gasteiger partial charge in [-0.2, -0.15) is 0 Å². The number of likely N-dealkylation sites (tertiary alicyclic amines) is 1. The molecule has 2 aromatic carbocycles. The van der Waals surface area contributed by atoms with Gasteiger partial charge in [-0.05, 0) is 50.6 Å². The zero-order valence-electron chi connectivity index (χ0n) is 18.1. The van der Waals surface area contributed by atoms with Gasteiger partial charge in [-0.3, -0.25) is 19.3 Å². The number of nitrogens with zero attached hydrogens (tertiary/aromatic N) is 1. The van der Waals surface area contributed by atoms with E-state index in [1.807, 2.05) is 31.2 Å². The number of aryl methyl sites for hydroxylation is 1. The predicted octanol–water partition coefficient (Wildman–Crippen LogP) is 2.46. The molecule has 0 saturated carbocycles. The van der Waals surface area contributed by atoms with Gasteiger partial charge in [0.15, 0.2) is 0 Å². The number of para-hydroxylation sites is 1. The number of carbonyl (C=O) groups excluding carboxylic acids is 3. The molecule has 0 bridgehead atoms. The molecule has 0 aliphatic carbocycles. The molecule has 7 nitrogen and oxygen atoms in total. The van der Waals surface area contributed by atoms with Gasteiger partial charge >= 0.3 is 11.8 Å². The van der Waals surface area contributed by atoms with E-state index >= 15 is 0 Å². The molecule has 0 aromatic heterocycles. The monoisotopic (exact) mass is 422 g/mol. The maximum atomic E-state index is 12.7. The highest BCUT2D eigenvalue weighted by atomic mass is 16.2. The van der Waals surface area contributed by atoms with Gasteiger partial charge in [-0.1, -0.05) is 48.9 Å². The molecule has 3 amide bonds. The molecule has 0 radical (unpaired) electrons. The highest BCUT2D eigenvalue weighted by Gasteiger charge is 2.25. The summed E-state index contributed by atoms with van der Waals surface area (Å²) in [6, 6.07) is 14.8. The third kappa shape index (κ3) is 6.15. The van der Waals surface area contributed by atoms with E-state index in [0.29, 0.717) is 24.3 Å². The van der Waals surface area contributed by atoms with Gasteiger partial charge in [0, 0.05) is 19.1 Å². The first-order chi connectivity index (χ1) is 15.0. The minimum atomic E-state index is -0.778. The summed E-state index contributed by atoms with van der Waals surface area (Å²) in [7, 11) is 0. The number of likely N-dealkylation sites (N-methyl/N-ethyl adjacent to an activating group) is 1. The van der Waals surface area contributed by atoms with Crippen molar-refractivity contribution in [2.24, 2.45) is 0 Å². The molecule has 7 heteroatoms. The van der Waals surface area contributed by atoms with Gasteiger partial charge in [0.1, 0.15) is 0 Å². The molecule has 164 valence electrons. The molecule has 1 aliphatic heterocycles. The smallest absolute Gasteiger partial charge is 0.313 e. The number of anilines is 1. The van der Waals surface area contributed by atoms with E-state index in [9.17, 15) is 14.4 Å². The van der Waals surface area contributed by atoms with Crippen LogP contribution in [-0.4, -0.2) is 48.3 Å². The standard InChI is InChI=1S/C24H30N4O3/c1-3-28-14-6-7-19(28)16-26-23(30)24(31)27-21-9-5-4-8-20(21)22(29)25-15-18-12-10-17(2)11-13-18/h4-5,8-13,19H,3,6-7,14-16H2,1-2H3,(H,25,29)(H,26,30)(H,27,31)/t19-/m0/s1. The molecule has 1 atom stereocenters. The van der Waals surface area contributed by atoms with Crippen LogP contribution in [0, 0.1) is 6.92 Å². The van der Waals surface area contributed by atoms with E-state index in [2.05, 4.69) is 27.8 Å². The lowest BCUT2D eigenvalue weighted by molar-refractivity contribution is -0.136. The van der Waals surface area contributed by atoms with E-state index in [1.54, 1.807) is 24.3 Å². The topological polar surface area (TPSA) is 90.5 Å². The molecule has 0 spiro atoms. The zero-order chi connectivity index (χ0) is 22.2. The van der Waals surface area contributed by atoms with Crippen LogP contribution in [-0.2, 0) is 16.1 Å². The maximum Gasteiger partial charge on any atom is 0.313 e. The van der Waals surface area contributed by atoms with Crippen LogP contribution in [0.1, 0.15) is 41.3 Å². The van der Waals surface area contributed by atoms with Crippen molar-refractivity contribution in [1.29, 1.82) is 0 Å². The van der Waals surface area contributed by atoms with Crippen molar-refractivity contribution in [1.82, 2.24) is 15.5 Å². The number of carbonyl (C=O) groups is 3.